The fraction of sp³-hybridized carbons (Fsp3) is 0.222. The molecular weight excluding hydrogens is 412 g/mol. The molecule has 6 nitrogen and oxygen atoms in total. The lowest BCUT2D eigenvalue weighted by atomic mass is 10.1. The maximum absolute atomic E-state index is 13.2. The van der Waals surface area contributed by atoms with Gasteiger partial charge in [-0.05, 0) is 43.2 Å². The summed E-state index contributed by atoms with van der Waals surface area (Å²) in [6, 6.07) is 27.3. The second kappa shape index (κ2) is 10.6. The molecule has 0 aliphatic heterocycles. The van der Waals surface area contributed by atoms with Gasteiger partial charge in [-0.25, -0.2) is 4.98 Å². The maximum Gasteiger partial charge on any atom is 0.246 e. The van der Waals surface area contributed by atoms with Crippen molar-refractivity contribution in [2.75, 3.05) is 11.4 Å². The zero-order valence-electron chi connectivity index (χ0n) is 18.8. The molecule has 4 rings (SSSR count). The number of rotatable bonds is 9. The molecule has 0 bridgehead atoms. The molecule has 1 aromatic heterocycles. The number of anilines is 1. The number of aryl methyl sites for hydroxylation is 1. The van der Waals surface area contributed by atoms with E-state index < -0.39 is 0 Å². The first-order valence-electron chi connectivity index (χ1n) is 11.3. The van der Waals surface area contributed by atoms with Gasteiger partial charge < -0.3 is 14.8 Å². The summed E-state index contributed by atoms with van der Waals surface area (Å²) in [4.78, 5) is 32.1. The second-order valence-corrected chi connectivity index (χ2v) is 7.84. The van der Waals surface area contributed by atoms with Crippen LogP contribution < -0.4 is 10.2 Å². The highest BCUT2D eigenvalue weighted by Gasteiger charge is 2.19. The molecule has 1 heterocycles. The summed E-state index contributed by atoms with van der Waals surface area (Å²) in [5, 5.41) is 2.97. The summed E-state index contributed by atoms with van der Waals surface area (Å²) >= 11 is 0. The van der Waals surface area contributed by atoms with E-state index in [1.165, 1.54) is 0 Å². The highest BCUT2D eigenvalue weighted by atomic mass is 16.2. The molecule has 0 saturated carbocycles. The number of likely N-dealkylation sites (N-methyl/N-ethyl adjacent to an activating group) is 1. The van der Waals surface area contributed by atoms with E-state index >= 15 is 0 Å². The van der Waals surface area contributed by atoms with E-state index in [1.807, 2.05) is 96.4 Å². The van der Waals surface area contributed by atoms with Crippen LogP contribution in [0.5, 0.6) is 0 Å². The molecule has 0 atom stereocenters. The average Bonchev–Trinajstić information content (AvgIpc) is 3.20. The molecule has 0 aliphatic carbocycles. The number of amides is 2. The van der Waals surface area contributed by atoms with Crippen molar-refractivity contribution in [2.45, 2.75) is 32.9 Å². The van der Waals surface area contributed by atoms with Gasteiger partial charge in [-0.15, -0.1) is 0 Å². The Morgan fingerprint density at radius 2 is 1.58 bits per heavy atom. The molecule has 6 heteroatoms. The third-order valence-electron chi connectivity index (χ3n) is 5.64. The van der Waals surface area contributed by atoms with Gasteiger partial charge in [0.2, 0.25) is 11.8 Å². The number of para-hydroxylation sites is 3. The van der Waals surface area contributed by atoms with Crippen molar-refractivity contribution in [3.05, 3.63) is 96.3 Å². The Hall–Kier alpha value is -3.93. The van der Waals surface area contributed by atoms with Gasteiger partial charge in [-0.3, -0.25) is 9.59 Å². The van der Waals surface area contributed by atoms with E-state index in [9.17, 15) is 9.59 Å². The van der Waals surface area contributed by atoms with Gasteiger partial charge in [-0.1, -0.05) is 60.7 Å². The van der Waals surface area contributed by atoms with Gasteiger partial charge in [0.05, 0.1) is 17.6 Å². The van der Waals surface area contributed by atoms with Gasteiger partial charge >= 0.3 is 0 Å². The van der Waals surface area contributed by atoms with Crippen LogP contribution in [0.25, 0.3) is 11.0 Å². The predicted octanol–water partition coefficient (Wildman–Crippen LogP) is 4.34. The lowest BCUT2D eigenvalue weighted by Crippen LogP contribution is -2.34. The molecule has 0 aliphatic rings. The Morgan fingerprint density at radius 1 is 0.909 bits per heavy atom. The Kier molecular flexibility index (Phi) is 7.15. The van der Waals surface area contributed by atoms with Gasteiger partial charge in [0.15, 0.2) is 0 Å². The average molecular weight is 441 g/mol. The van der Waals surface area contributed by atoms with Crippen LogP contribution in [0.2, 0.25) is 0 Å². The molecule has 0 unspecified atom stereocenters. The fourth-order valence-electron chi connectivity index (χ4n) is 3.94. The molecular formula is C27H28N4O2. The fourth-order valence-corrected chi connectivity index (χ4v) is 3.94. The van der Waals surface area contributed by atoms with Gasteiger partial charge in [-0.2, -0.15) is 0 Å². The summed E-state index contributed by atoms with van der Waals surface area (Å²) < 4.78 is 1.90. The summed E-state index contributed by atoms with van der Waals surface area (Å²) in [5.41, 5.74) is 3.68. The minimum atomic E-state index is -0.0387. The third-order valence-corrected chi connectivity index (χ3v) is 5.64. The molecule has 0 spiro atoms. The molecule has 0 fully saturated rings. The van der Waals surface area contributed by atoms with Crippen LogP contribution in [0.15, 0.2) is 84.9 Å². The standard InChI is InChI=1S/C27H28N4O2/c1-2-30(22-13-7-4-8-14-22)27(33)20-31-24-16-10-9-15-23(24)29-25(31)19-28-26(32)18-17-21-11-5-3-6-12-21/h3-16H,2,17-20H2,1H3,(H,28,32). The Labute approximate surface area is 193 Å². The van der Waals surface area contributed by atoms with E-state index in [-0.39, 0.29) is 24.9 Å². The van der Waals surface area contributed by atoms with Crippen LogP contribution in [-0.4, -0.2) is 27.9 Å². The van der Waals surface area contributed by atoms with Crippen molar-refractivity contribution in [1.29, 1.82) is 0 Å². The Bertz CT molecular complexity index is 1220. The zero-order chi connectivity index (χ0) is 23.0. The highest BCUT2D eigenvalue weighted by Crippen LogP contribution is 2.19. The molecule has 1 N–H and O–H groups in total. The summed E-state index contributed by atoms with van der Waals surface area (Å²) in [6.07, 6.45) is 1.09. The smallest absolute Gasteiger partial charge is 0.246 e. The number of aromatic nitrogens is 2. The van der Waals surface area contributed by atoms with Crippen molar-refractivity contribution in [2.24, 2.45) is 0 Å². The molecule has 0 radical (unpaired) electrons. The van der Waals surface area contributed by atoms with Crippen molar-refractivity contribution >= 4 is 28.5 Å². The first kappa shape index (κ1) is 22.3. The molecule has 4 aromatic rings. The van der Waals surface area contributed by atoms with E-state index in [4.69, 9.17) is 4.98 Å². The van der Waals surface area contributed by atoms with Crippen LogP contribution in [0.4, 0.5) is 5.69 Å². The number of hydrogen-bond acceptors (Lipinski definition) is 3. The highest BCUT2D eigenvalue weighted by molar-refractivity contribution is 5.94. The van der Waals surface area contributed by atoms with E-state index in [1.54, 1.807) is 4.90 Å². The van der Waals surface area contributed by atoms with Crippen LogP contribution in [0.1, 0.15) is 24.7 Å². The second-order valence-electron chi connectivity index (χ2n) is 7.84. The molecule has 33 heavy (non-hydrogen) atoms. The third kappa shape index (κ3) is 5.47. The molecule has 2 amide bonds. The van der Waals surface area contributed by atoms with E-state index in [0.29, 0.717) is 25.2 Å². The lowest BCUT2D eigenvalue weighted by Gasteiger charge is -2.22. The van der Waals surface area contributed by atoms with Crippen molar-refractivity contribution in [1.82, 2.24) is 14.9 Å². The first-order valence-corrected chi connectivity index (χ1v) is 11.3. The number of nitrogens with one attached hydrogen (secondary N) is 1. The Balaban J connectivity index is 1.48. The monoisotopic (exact) mass is 440 g/mol. The van der Waals surface area contributed by atoms with Crippen LogP contribution >= 0.6 is 0 Å². The minimum absolute atomic E-state index is 0.0245. The van der Waals surface area contributed by atoms with Gasteiger partial charge in [0.1, 0.15) is 12.4 Å². The first-order chi connectivity index (χ1) is 16.2. The summed E-state index contributed by atoms with van der Waals surface area (Å²) in [6.45, 7) is 2.96. The molecule has 3 aromatic carbocycles. The summed E-state index contributed by atoms with van der Waals surface area (Å²) in [7, 11) is 0. The minimum Gasteiger partial charge on any atom is -0.349 e. The van der Waals surface area contributed by atoms with Gasteiger partial charge in [0, 0.05) is 18.7 Å². The SMILES string of the molecule is CCN(C(=O)Cn1c(CNC(=O)CCc2ccccc2)nc2ccccc21)c1ccccc1. The number of carbonyl (C=O) groups excluding carboxylic acids is 2. The molecule has 0 saturated heterocycles. The quantitative estimate of drug-likeness (QED) is 0.421. The van der Waals surface area contributed by atoms with Crippen molar-refractivity contribution in [3.8, 4) is 0 Å². The van der Waals surface area contributed by atoms with Crippen LogP contribution in [0.3, 0.4) is 0 Å². The number of nitrogens with zero attached hydrogens (tertiary/aromatic N) is 3. The lowest BCUT2D eigenvalue weighted by molar-refractivity contribution is -0.121. The predicted molar refractivity (Wildman–Crippen MR) is 131 cm³/mol. The number of hydrogen-bond donors (Lipinski definition) is 1. The zero-order valence-corrected chi connectivity index (χ0v) is 18.8. The normalized spacial score (nSPS) is 10.8. The van der Waals surface area contributed by atoms with Gasteiger partial charge in [0.25, 0.3) is 0 Å². The van der Waals surface area contributed by atoms with Crippen molar-refractivity contribution < 1.29 is 9.59 Å². The number of fused-ring (bicyclic) bond motifs is 1. The molecule has 168 valence electrons. The summed E-state index contributed by atoms with van der Waals surface area (Å²) in [5.74, 6) is 0.605. The number of benzene rings is 3. The van der Waals surface area contributed by atoms with Crippen molar-refractivity contribution in [3.63, 3.8) is 0 Å². The maximum atomic E-state index is 13.2. The van der Waals surface area contributed by atoms with Crippen LogP contribution in [0, 0.1) is 0 Å². The number of carbonyl (C=O) groups is 2. The Morgan fingerprint density at radius 3 is 2.30 bits per heavy atom. The topological polar surface area (TPSA) is 67.2 Å². The van der Waals surface area contributed by atoms with E-state index in [0.717, 1.165) is 22.3 Å². The van der Waals surface area contributed by atoms with Crippen LogP contribution in [-0.2, 0) is 29.1 Å². The van der Waals surface area contributed by atoms with E-state index in [2.05, 4.69) is 5.32 Å². The number of imidazole rings is 1. The largest absolute Gasteiger partial charge is 0.349 e.